The minimum Gasteiger partial charge on any atom is -0.342 e. The lowest BCUT2D eigenvalue weighted by Gasteiger charge is -2.35. The van der Waals surface area contributed by atoms with Crippen molar-refractivity contribution in [3.05, 3.63) is 28.8 Å². The molecule has 0 saturated carbocycles. The van der Waals surface area contributed by atoms with E-state index in [4.69, 9.17) is 11.6 Å². The molecular formula is C20H28ClN3O4S. The van der Waals surface area contributed by atoms with Crippen molar-refractivity contribution >= 4 is 33.4 Å². The smallest absolute Gasteiger partial charge is 0.255 e. The Morgan fingerprint density at radius 2 is 1.62 bits per heavy atom. The van der Waals surface area contributed by atoms with Gasteiger partial charge < -0.3 is 9.80 Å². The molecule has 2 saturated heterocycles. The summed E-state index contributed by atoms with van der Waals surface area (Å²) in [7, 11) is -0.779. The minimum absolute atomic E-state index is 0.0328. The highest BCUT2D eigenvalue weighted by Gasteiger charge is 2.32. The number of sulfonamides is 1. The molecule has 0 aromatic heterocycles. The van der Waals surface area contributed by atoms with E-state index < -0.39 is 10.0 Å². The molecule has 0 spiro atoms. The lowest BCUT2D eigenvalue weighted by Crippen LogP contribution is -2.45. The summed E-state index contributed by atoms with van der Waals surface area (Å²) in [5.41, 5.74) is 0.176. The van der Waals surface area contributed by atoms with Crippen LogP contribution in [-0.4, -0.2) is 74.6 Å². The quantitative estimate of drug-likeness (QED) is 0.719. The molecule has 2 aliphatic heterocycles. The first-order valence-corrected chi connectivity index (χ1v) is 11.8. The third-order valence-electron chi connectivity index (χ3n) is 5.75. The summed E-state index contributed by atoms with van der Waals surface area (Å²) in [6, 6.07) is 4.18. The highest BCUT2D eigenvalue weighted by Crippen LogP contribution is 2.27. The number of rotatable bonds is 4. The van der Waals surface area contributed by atoms with Gasteiger partial charge in [0.25, 0.3) is 5.91 Å². The summed E-state index contributed by atoms with van der Waals surface area (Å²) in [5.74, 6) is -0.142. The van der Waals surface area contributed by atoms with E-state index in [1.807, 2.05) is 4.90 Å². The third kappa shape index (κ3) is 4.75. The minimum atomic E-state index is -3.66. The van der Waals surface area contributed by atoms with Crippen molar-refractivity contribution in [2.75, 3.05) is 40.3 Å². The van der Waals surface area contributed by atoms with E-state index in [1.54, 1.807) is 4.90 Å². The summed E-state index contributed by atoms with van der Waals surface area (Å²) < 4.78 is 25.9. The monoisotopic (exact) mass is 441 g/mol. The Hall–Kier alpha value is -1.64. The number of halogens is 1. The number of benzene rings is 1. The predicted octanol–water partition coefficient (Wildman–Crippen LogP) is 2.46. The first-order valence-electron chi connectivity index (χ1n) is 10.0. The van der Waals surface area contributed by atoms with Gasteiger partial charge in [-0.25, -0.2) is 12.7 Å². The molecule has 2 heterocycles. The van der Waals surface area contributed by atoms with Gasteiger partial charge in [-0.1, -0.05) is 11.6 Å². The molecule has 1 aromatic rings. The maximum absolute atomic E-state index is 13.0. The predicted molar refractivity (Wildman–Crippen MR) is 111 cm³/mol. The van der Waals surface area contributed by atoms with Crippen molar-refractivity contribution in [3.8, 4) is 0 Å². The van der Waals surface area contributed by atoms with Crippen molar-refractivity contribution in [2.24, 2.45) is 5.92 Å². The molecule has 160 valence electrons. The van der Waals surface area contributed by atoms with Crippen LogP contribution in [0.3, 0.4) is 0 Å². The van der Waals surface area contributed by atoms with Gasteiger partial charge in [-0.3, -0.25) is 9.59 Å². The number of nitrogens with zero attached hydrogens (tertiary/aromatic N) is 3. The van der Waals surface area contributed by atoms with E-state index in [0.29, 0.717) is 25.9 Å². The summed E-state index contributed by atoms with van der Waals surface area (Å²) in [4.78, 5) is 29.3. The van der Waals surface area contributed by atoms with Crippen LogP contribution < -0.4 is 0 Å². The van der Waals surface area contributed by atoms with Gasteiger partial charge in [0.05, 0.1) is 15.5 Å². The number of likely N-dealkylation sites (tertiary alicyclic amines) is 2. The van der Waals surface area contributed by atoms with Crippen molar-refractivity contribution in [2.45, 2.75) is 37.0 Å². The molecule has 0 radical (unpaired) electrons. The largest absolute Gasteiger partial charge is 0.342 e. The van der Waals surface area contributed by atoms with E-state index >= 15 is 0 Å². The Bertz CT molecular complexity index is 874. The van der Waals surface area contributed by atoms with Crippen LogP contribution >= 0.6 is 11.6 Å². The van der Waals surface area contributed by atoms with E-state index in [-0.39, 0.29) is 33.2 Å². The van der Waals surface area contributed by atoms with Gasteiger partial charge in [-0.15, -0.1) is 0 Å². The Labute approximate surface area is 177 Å². The number of carbonyl (C=O) groups excluding carboxylic acids is 2. The second-order valence-electron chi connectivity index (χ2n) is 7.88. The Morgan fingerprint density at radius 1 is 1.00 bits per heavy atom. The van der Waals surface area contributed by atoms with E-state index in [2.05, 4.69) is 0 Å². The fraction of sp³-hybridized carbons (Fsp3) is 0.600. The van der Waals surface area contributed by atoms with Gasteiger partial charge in [-0.05, 0) is 50.3 Å². The van der Waals surface area contributed by atoms with E-state index in [1.165, 1.54) is 38.7 Å². The Kier molecular flexibility index (Phi) is 6.86. The molecule has 3 rings (SSSR count). The normalized spacial score (nSPS) is 18.9. The number of hydrogen-bond donors (Lipinski definition) is 0. The van der Waals surface area contributed by atoms with E-state index in [9.17, 15) is 18.0 Å². The van der Waals surface area contributed by atoms with Gasteiger partial charge in [0.1, 0.15) is 0 Å². The maximum Gasteiger partial charge on any atom is 0.255 e. The SMILES string of the molecule is CN(C)S(=O)(=O)c1ccc(Cl)c(C(=O)N2CCC(C(=O)N3CCCCC3)CC2)c1. The van der Waals surface area contributed by atoms with Gasteiger partial charge in [0.2, 0.25) is 15.9 Å². The van der Waals surface area contributed by atoms with Crippen molar-refractivity contribution in [3.63, 3.8) is 0 Å². The second kappa shape index (κ2) is 9.02. The van der Waals surface area contributed by atoms with Crippen LogP contribution in [0.15, 0.2) is 23.1 Å². The molecule has 2 aliphatic rings. The van der Waals surface area contributed by atoms with Crippen molar-refractivity contribution < 1.29 is 18.0 Å². The zero-order valence-electron chi connectivity index (χ0n) is 16.9. The standard InChI is InChI=1S/C20H28ClN3O4S/c1-22(2)29(27,28)16-6-7-18(21)17(14-16)20(26)24-12-8-15(9-13-24)19(25)23-10-4-3-5-11-23/h6-7,14-15H,3-5,8-13H2,1-2H3. The Balaban J connectivity index is 1.68. The molecule has 1 aromatic carbocycles. The zero-order chi connectivity index (χ0) is 21.2. The summed E-state index contributed by atoms with van der Waals surface area (Å²) in [6.07, 6.45) is 4.55. The maximum atomic E-state index is 13.0. The molecule has 29 heavy (non-hydrogen) atoms. The van der Waals surface area contributed by atoms with Crippen LogP contribution in [0, 0.1) is 5.92 Å². The topological polar surface area (TPSA) is 78.0 Å². The lowest BCUT2D eigenvalue weighted by atomic mass is 9.94. The molecule has 2 amide bonds. The van der Waals surface area contributed by atoms with Crippen LogP contribution in [0.4, 0.5) is 0 Å². The van der Waals surface area contributed by atoms with Crippen LogP contribution in [0.5, 0.6) is 0 Å². The van der Waals surface area contributed by atoms with Gasteiger partial charge in [0.15, 0.2) is 0 Å². The van der Waals surface area contributed by atoms with Crippen molar-refractivity contribution in [1.82, 2.24) is 14.1 Å². The lowest BCUT2D eigenvalue weighted by molar-refractivity contribution is -0.137. The van der Waals surface area contributed by atoms with Gasteiger partial charge in [-0.2, -0.15) is 0 Å². The molecule has 2 fully saturated rings. The Morgan fingerprint density at radius 3 is 2.21 bits per heavy atom. The second-order valence-corrected chi connectivity index (χ2v) is 10.4. The average Bonchev–Trinajstić information content (AvgIpc) is 2.73. The van der Waals surface area contributed by atoms with Crippen molar-refractivity contribution in [1.29, 1.82) is 0 Å². The highest BCUT2D eigenvalue weighted by atomic mass is 35.5. The zero-order valence-corrected chi connectivity index (χ0v) is 18.5. The number of carbonyl (C=O) groups is 2. The number of hydrogen-bond acceptors (Lipinski definition) is 4. The molecule has 0 bridgehead atoms. The molecular weight excluding hydrogens is 414 g/mol. The van der Waals surface area contributed by atoms with E-state index in [0.717, 1.165) is 30.2 Å². The van der Waals surface area contributed by atoms with Gasteiger partial charge in [0, 0.05) is 46.2 Å². The number of amides is 2. The van der Waals surface area contributed by atoms with Gasteiger partial charge >= 0.3 is 0 Å². The summed E-state index contributed by atoms with van der Waals surface area (Å²) in [5, 5.41) is 0.222. The number of piperidine rings is 2. The highest BCUT2D eigenvalue weighted by molar-refractivity contribution is 7.89. The molecule has 7 nitrogen and oxygen atoms in total. The average molecular weight is 442 g/mol. The first-order chi connectivity index (χ1) is 13.7. The molecule has 0 unspecified atom stereocenters. The summed E-state index contributed by atoms with van der Waals surface area (Å²) in [6.45, 7) is 2.59. The van der Waals surface area contributed by atoms with Crippen LogP contribution in [0.2, 0.25) is 5.02 Å². The van der Waals surface area contributed by atoms with Crippen LogP contribution in [0.25, 0.3) is 0 Å². The fourth-order valence-corrected chi connectivity index (χ4v) is 5.04. The molecule has 0 N–H and O–H groups in total. The third-order valence-corrected chi connectivity index (χ3v) is 7.89. The van der Waals surface area contributed by atoms with Crippen LogP contribution in [0.1, 0.15) is 42.5 Å². The first kappa shape index (κ1) is 22.1. The summed E-state index contributed by atoms with van der Waals surface area (Å²) >= 11 is 6.20. The molecule has 9 heteroatoms. The fourth-order valence-electron chi connectivity index (χ4n) is 3.91. The molecule has 0 atom stereocenters. The van der Waals surface area contributed by atoms with Crippen LogP contribution in [-0.2, 0) is 14.8 Å². The molecule has 0 aliphatic carbocycles.